The van der Waals surface area contributed by atoms with E-state index in [0.29, 0.717) is 5.69 Å². The van der Waals surface area contributed by atoms with Crippen molar-refractivity contribution in [3.63, 3.8) is 0 Å². The van der Waals surface area contributed by atoms with E-state index in [0.717, 1.165) is 16.7 Å². The van der Waals surface area contributed by atoms with Gasteiger partial charge in [0.2, 0.25) is 0 Å². The van der Waals surface area contributed by atoms with E-state index in [1.54, 1.807) is 6.08 Å². The molecule has 0 bridgehead atoms. The molecule has 4 heteroatoms. The molecule has 1 aliphatic heterocycles. The lowest BCUT2D eigenvalue weighted by atomic mass is 9.79. The van der Waals surface area contributed by atoms with Gasteiger partial charge in [0.25, 0.3) is 10.0 Å². The number of fused-ring (bicyclic) bond motifs is 1. The highest BCUT2D eigenvalue weighted by atomic mass is 32.2. The Bertz CT molecular complexity index is 635. The van der Waals surface area contributed by atoms with Gasteiger partial charge < -0.3 is 0 Å². The van der Waals surface area contributed by atoms with Crippen molar-refractivity contribution < 1.29 is 8.42 Å². The Morgan fingerprint density at radius 2 is 1.78 bits per heavy atom. The van der Waals surface area contributed by atoms with Gasteiger partial charge in [0, 0.05) is 5.56 Å². The molecule has 3 nitrogen and oxygen atoms in total. The third-order valence-corrected chi connectivity index (χ3v) is 4.24. The van der Waals surface area contributed by atoms with Crippen molar-refractivity contribution >= 4 is 21.8 Å². The number of hydrogen-bond acceptors (Lipinski definition) is 2. The highest BCUT2D eigenvalue weighted by Crippen LogP contribution is 2.37. The second kappa shape index (κ2) is 3.85. The third kappa shape index (κ3) is 2.17. The summed E-state index contributed by atoms with van der Waals surface area (Å²) in [6.07, 6.45) is 1.69. The van der Waals surface area contributed by atoms with Crippen molar-refractivity contribution in [3.05, 3.63) is 33.7 Å². The van der Waals surface area contributed by atoms with E-state index in [4.69, 9.17) is 0 Å². The van der Waals surface area contributed by atoms with Crippen molar-refractivity contribution in [1.29, 1.82) is 0 Å². The van der Waals surface area contributed by atoms with E-state index in [9.17, 15) is 8.42 Å². The molecule has 1 heterocycles. The topological polar surface area (TPSA) is 46.2 Å². The molecule has 0 radical (unpaired) electrons. The Morgan fingerprint density at radius 1 is 1.17 bits per heavy atom. The van der Waals surface area contributed by atoms with Gasteiger partial charge in [-0.25, -0.2) is 8.42 Å². The highest BCUT2D eigenvalue weighted by molar-refractivity contribution is 7.95. The van der Waals surface area contributed by atoms with Gasteiger partial charge in [0.1, 0.15) is 0 Å². The molecule has 0 atom stereocenters. The number of anilines is 1. The molecule has 0 saturated heterocycles. The summed E-state index contributed by atoms with van der Waals surface area (Å²) in [6, 6.07) is 1.92. The number of rotatable bonds is 0. The summed E-state index contributed by atoms with van der Waals surface area (Å²) in [4.78, 5) is 0. The molecule has 1 aromatic carbocycles. The minimum atomic E-state index is -3.31. The second-order valence-electron chi connectivity index (χ2n) is 5.85. The van der Waals surface area contributed by atoms with Gasteiger partial charge in [0.05, 0.1) is 11.1 Å². The molecule has 1 N–H and O–H groups in total. The smallest absolute Gasteiger partial charge is 0.255 e. The largest absolute Gasteiger partial charge is 0.279 e. The van der Waals surface area contributed by atoms with Gasteiger partial charge in [0.15, 0.2) is 0 Å². The van der Waals surface area contributed by atoms with Crippen LogP contribution in [0.4, 0.5) is 5.69 Å². The molecule has 0 unspecified atom stereocenters. The van der Waals surface area contributed by atoms with Crippen LogP contribution in [0, 0.1) is 13.8 Å². The molecule has 0 aromatic heterocycles. The zero-order chi connectivity index (χ0) is 13.7. The fourth-order valence-electron chi connectivity index (χ4n) is 2.80. The van der Waals surface area contributed by atoms with E-state index < -0.39 is 10.0 Å². The Hall–Kier alpha value is -1.29. The molecule has 0 spiro atoms. The Balaban J connectivity index is 2.74. The molecular formula is C14H19NO2S. The van der Waals surface area contributed by atoms with Crippen LogP contribution >= 0.6 is 0 Å². The van der Waals surface area contributed by atoms with Gasteiger partial charge in [-0.2, -0.15) is 0 Å². The lowest BCUT2D eigenvalue weighted by Gasteiger charge is -2.28. The van der Waals surface area contributed by atoms with E-state index in [-0.39, 0.29) is 5.41 Å². The number of nitrogens with one attached hydrogen (secondary N) is 1. The fraction of sp³-hybridized carbons (Fsp3) is 0.429. The van der Waals surface area contributed by atoms with Gasteiger partial charge in [-0.05, 0) is 48.1 Å². The van der Waals surface area contributed by atoms with Gasteiger partial charge >= 0.3 is 0 Å². The Kier molecular flexibility index (Phi) is 2.81. The van der Waals surface area contributed by atoms with E-state index in [2.05, 4.69) is 32.4 Å². The summed E-state index contributed by atoms with van der Waals surface area (Å²) in [5, 5.41) is 1.23. The summed E-state index contributed by atoms with van der Waals surface area (Å²) in [5.41, 5.74) is 5.26. The molecule has 1 aromatic rings. The van der Waals surface area contributed by atoms with Crippen molar-refractivity contribution in [2.75, 3.05) is 4.72 Å². The maximum atomic E-state index is 11.5. The van der Waals surface area contributed by atoms with Crippen molar-refractivity contribution in [2.24, 2.45) is 0 Å². The third-order valence-electron chi connectivity index (χ3n) is 3.24. The zero-order valence-electron chi connectivity index (χ0n) is 11.5. The maximum Gasteiger partial charge on any atom is 0.255 e. The molecule has 0 fully saturated rings. The lowest BCUT2D eigenvalue weighted by molar-refractivity contribution is 0.582. The minimum absolute atomic E-state index is 0.0490. The number of sulfonamides is 1. The van der Waals surface area contributed by atoms with E-state index in [1.807, 2.05) is 13.0 Å². The monoisotopic (exact) mass is 265 g/mol. The normalized spacial score (nSPS) is 17.2. The SMILES string of the molecule is Cc1cc2c(c(C)c1C(C)(C)C)C=CS(=O)(=O)N2. The molecule has 0 aliphatic carbocycles. The van der Waals surface area contributed by atoms with Gasteiger partial charge in [-0.15, -0.1) is 0 Å². The summed E-state index contributed by atoms with van der Waals surface area (Å²) >= 11 is 0. The minimum Gasteiger partial charge on any atom is -0.279 e. The zero-order valence-corrected chi connectivity index (χ0v) is 12.3. The summed E-state index contributed by atoms with van der Waals surface area (Å²) in [6.45, 7) is 10.6. The van der Waals surface area contributed by atoms with Crippen molar-refractivity contribution in [3.8, 4) is 0 Å². The molecular weight excluding hydrogens is 246 g/mol. The van der Waals surface area contributed by atoms with Gasteiger partial charge in [-0.1, -0.05) is 20.8 Å². The highest BCUT2D eigenvalue weighted by Gasteiger charge is 2.24. The number of hydrogen-bond donors (Lipinski definition) is 1. The van der Waals surface area contributed by atoms with E-state index in [1.165, 1.54) is 11.0 Å². The van der Waals surface area contributed by atoms with Crippen LogP contribution in [0.15, 0.2) is 11.5 Å². The Morgan fingerprint density at radius 3 is 2.33 bits per heavy atom. The first kappa shape index (κ1) is 13.1. The summed E-state index contributed by atoms with van der Waals surface area (Å²) in [7, 11) is -3.31. The standard InChI is InChI=1S/C14H19NO2S/c1-9-8-12-11(6-7-18(16,17)15-12)10(2)13(9)14(3,4)5/h6-8,15H,1-5H3. The van der Waals surface area contributed by atoms with Crippen LogP contribution in [0.5, 0.6) is 0 Å². The molecule has 1 aliphatic rings. The van der Waals surface area contributed by atoms with Crippen LogP contribution in [0.25, 0.3) is 6.08 Å². The first-order valence-corrected chi connectivity index (χ1v) is 7.52. The average molecular weight is 265 g/mol. The molecule has 18 heavy (non-hydrogen) atoms. The van der Waals surface area contributed by atoms with Crippen LogP contribution in [0.2, 0.25) is 0 Å². The van der Waals surface area contributed by atoms with Crippen LogP contribution in [0.1, 0.15) is 43.0 Å². The second-order valence-corrected chi connectivity index (χ2v) is 7.42. The fourth-order valence-corrected chi connectivity index (χ4v) is 3.66. The summed E-state index contributed by atoms with van der Waals surface area (Å²) in [5.74, 6) is 0. The predicted octanol–water partition coefficient (Wildman–Crippen LogP) is 3.33. The first-order chi connectivity index (χ1) is 8.12. The molecule has 2 rings (SSSR count). The lowest BCUT2D eigenvalue weighted by Crippen LogP contribution is -2.19. The number of benzene rings is 1. The predicted molar refractivity (Wildman–Crippen MR) is 76.2 cm³/mol. The molecule has 98 valence electrons. The van der Waals surface area contributed by atoms with Crippen LogP contribution in [-0.4, -0.2) is 8.42 Å². The summed E-state index contributed by atoms with van der Waals surface area (Å²) < 4.78 is 25.6. The van der Waals surface area contributed by atoms with Crippen LogP contribution in [0.3, 0.4) is 0 Å². The van der Waals surface area contributed by atoms with Crippen LogP contribution < -0.4 is 4.72 Å². The van der Waals surface area contributed by atoms with E-state index >= 15 is 0 Å². The number of aryl methyl sites for hydroxylation is 1. The maximum absolute atomic E-state index is 11.5. The van der Waals surface area contributed by atoms with Crippen molar-refractivity contribution in [2.45, 2.75) is 40.0 Å². The average Bonchev–Trinajstić information content (AvgIpc) is 2.12. The Labute approximate surface area is 109 Å². The van der Waals surface area contributed by atoms with Crippen LogP contribution in [-0.2, 0) is 15.4 Å². The van der Waals surface area contributed by atoms with Crippen molar-refractivity contribution in [1.82, 2.24) is 0 Å². The molecule has 0 saturated carbocycles. The first-order valence-electron chi connectivity index (χ1n) is 5.97. The quantitative estimate of drug-likeness (QED) is 0.782. The molecule has 0 amide bonds. The van der Waals surface area contributed by atoms with Gasteiger partial charge in [-0.3, -0.25) is 4.72 Å².